The van der Waals surface area contributed by atoms with Gasteiger partial charge in [0, 0.05) is 37.2 Å². The average molecular weight is 374 g/mol. The van der Waals surface area contributed by atoms with Crippen molar-refractivity contribution in [2.24, 2.45) is 5.92 Å². The lowest BCUT2D eigenvalue weighted by Crippen LogP contribution is -2.46. The molecule has 1 aromatic carbocycles. The number of likely N-dealkylation sites (tertiary alicyclic amines) is 1. The van der Waals surface area contributed by atoms with Crippen LogP contribution in [0.4, 0.5) is 0 Å². The van der Waals surface area contributed by atoms with E-state index in [0.717, 1.165) is 25.2 Å². The number of carbonyl (C=O) groups excluding carboxylic acids is 2. The number of amides is 2. The molecule has 2 aliphatic rings. The third-order valence-corrected chi connectivity index (χ3v) is 5.84. The second-order valence-electron chi connectivity index (χ2n) is 7.91. The zero-order chi connectivity index (χ0) is 19.2. The van der Waals surface area contributed by atoms with Crippen LogP contribution in [0.15, 0.2) is 18.2 Å². The maximum atomic E-state index is 12.4. The van der Waals surface area contributed by atoms with E-state index in [1.54, 1.807) is 0 Å². The summed E-state index contributed by atoms with van der Waals surface area (Å²) in [5.41, 5.74) is 0.235. The molecule has 27 heavy (non-hydrogen) atoms. The van der Waals surface area contributed by atoms with Crippen LogP contribution in [-0.4, -0.2) is 46.1 Å². The maximum Gasteiger partial charge on any atom is 0.251 e. The van der Waals surface area contributed by atoms with Crippen molar-refractivity contribution in [2.45, 2.75) is 63.8 Å². The minimum atomic E-state index is -0.316. The predicted molar refractivity (Wildman–Crippen MR) is 103 cm³/mol. The molecule has 6 nitrogen and oxygen atoms in total. The summed E-state index contributed by atoms with van der Waals surface area (Å²) in [6.45, 7) is 1.33. The minimum Gasteiger partial charge on any atom is -0.508 e. The summed E-state index contributed by atoms with van der Waals surface area (Å²) < 4.78 is 0. The monoisotopic (exact) mass is 374 g/mol. The standard InChI is InChI=1S/C21H30N2O4/c24-18-12-16(13-19(25)14-18)21(27)22-17-8-10-23(11-9-17)20(26)7-6-15-4-2-1-3-5-15/h12-15,17,24-25H,1-11H2,(H,22,27). The van der Waals surface area contributed by atoms with Crippen LogP contribution in [0.25, 0.3) is 0 Å². The van der Waals surface area contributed by atoms with E-state index in [-0.39, 0.29) is 34.9 Å². The number of hydrogen-bond acceptors (Lipinski definition) is 4. The molecule has 1 saturated carbocycles. The Labute approximate surface area is 160 Å². The number of rotatable bonds is 5. The Hall–Kier alpha value is -2.24. The molecule has 1 aliphatic carbocycles. The summed E-state index contributed by atoms with van der Waals surface area (Å²) >= 11 is 0. The molecule has 148 valence electrons. The highest BCUT2D eigenvalue weighted by Gasteiger charge is 2.25. The van der Waals surface area contributed by atoms with Crippen LogP contribution >= 0.6 is 0 Å². The number of nitrogens with one attached hydrogen (secondary N) is 1. The zero-order valence-corrected chi connectivity index (χ0v) is 15.8. The third-order valence-electron chi connectivity index (χ3n) is 5.84. The van der Waals surface area contributed by atoms with Crippen molar-refractivity contribution < 1.29 is 19.8 Å². The maximum absolute atomic E-state index is 12.4. The molecule has 2 amide bonds. The average Bonchev–Trinajstić information content (AvgIpc) is 2.66. The number of phenols is 2. The van der Waals surface area contributed by atoms with E-state index in [4.69, 9.17) is 0 Å². The molecule has 0 atom stereocenters. The molecular formula is C21H30N2O4. The first-order valence-electron chi connectivity index (χ1n) is 10.1. The van der Waals surface area contributed by atoms with Gasteiger partial charge < -0.3 is 20.4 Å². The Balaban J connectivity index is 1.41. The van der Waals surface area contributed by atoms with E-state index in [2.05, 4.69) is 5.32 Å². The second kappa shape index (κ2) is 9.11. The van der Waals surface area contributed by atoms with Gasteiger partial charge in [-0.1, -0.05) is 32.1 Å². The minimum absolute atomic E-state index is 0.00406. The van der Waals surface area contributed by atoms with Gasteiger partial charge in [-0.15, -0.1) is 0 Å². The molecule has 3 N–H and O–H groups in total. The topological polar surface area (TPSA) is 89.9 Å². The van der Waals surface area contributed by atoms with Gasteiger partial charge >= 0.3 is 0 Å². The first kappa shape index (κ1) is 19.5. The van der Waals surface area contributed by atoms with Gasteiger partial charge in [0.25, 0.3) is 5.91 Å². The molecule has 1 aliphatic heterocycles. The van der Waals surface area contributed by atoms with Crippen LogP contribution in [0.5, 0.6) is 11.5 Å². The highest BCUT2D eigenvalue weighted by Crippen LogP contribution is 2.28. The molecule has 2 fully saturated rings. The smallest absolute Gasteiger partial charge is 0.251 e. The number of carbonyl (C=O) groups is 2. The van der Waals surface area contributed by atoms with Gasteiger partial charge in [-0.25, -0.2) is 0 Å². The lowest BCUT2D eigenvalue weighted by molar-refractivity contribution is -0.132. The second-order valence-corrected chi connectivity index (χ2v) is 7.91. The van der Waals surface area contributed by atoms with E-state index in [9.17, 15) is 19.8 Å². The fourth-order valence-electron chi connectivity index (χ4n) is 4.23. The van der Waals surface area contributed by atoms with Crippen molar-refractivity contribution in [3.8, 4) is 11.5 Å². The largest absolute Gasteiger partial charge is 0.508 e. The fraction of sp³-hybridized carbons (Fsp3) is 0.619. The molecule has 0 aromatic heterocycles. The molecule has 1 aromatic rings. The summed E-state index contributed by atoms with van der Waals surface area (Å²) in [6.07, 6.45) is 9.60. The van der Waals surface area contributed by atoms with Crippen molar-refractivity contribution in [3.05, 3.63) is 23.8 Å². The van der Waals surface area contributed by atoms with E-state index >= 15 is 0 Å². The Kier molecular flexibility index (Phi) is 6.58. The molecular weight excluding hydrogens is 344 g/mol. The Morgan fingerprint density at radius 2 is 1.59 bits per heavy atom. The molecule has 0 unspecified atom stereocenters. The van der Waals surface area contributed by atoms with E-state index in [1.165, 1.54) is 50.3 Å². The van der Waals surface area contributed by atoms with Gasteiger partial charge in [-0.05, 0) is 37.3 Å². The summed E-state index contributed by atoms with van der Waals surface area (Å²) in [5.74, 6) is 0.363. The Bertz CT molecular complexity index is 642. The number of hydrogen-bond donors (Lipinski definition) is 3. The van der Waals surface area contributed by atoms with Gasteiger partial charge in [0.15, 0.2) is 0 Å². The van der Waals surface area contributed by atoms with Crippen molar-refractivity contribution in [3.63, 3.8) is 0 Å². The van der Waals surface area contributed by atoms with Crippen molar-refractivity contribution >= 4 is 11.8 Å². The van der Waals surface area contributed by atoms with E-state index in [0.29, 0.717) is 19.5 Å². The van der Waals surface area contributed by atoms with Crippen LogP contribution in [-0.2, 0) is 4.79 Å². The normalized spacial score (nSPS) is 19.0. The number of piperidine rings is 1. The highest BCUT2D eigenvalue weighted by molar-refractivity contribution is 5.95. The van der Waals surface area contributed by atoms with Gasteiger partial charge in [-0.2, -0.15) is 0 Å². The SMILES string of the molecule is O=C(NC1CCN(C(=O)CCC2CCCCC2)CC1)c1cc(O)cc(O)c1. The lowest BCUT2D eigenvalue weighted by Gasteiger charge is -2.33. The molecule has 1 saturated heterocycles. The number of nitrogens with zero attached hydrogens (tertiary/aromatic N) is 1. The fourth-order valence-corrected chi connectivity index (χ4v) is 4.23. The number of benzene rings is 1. The van der Waals surface area contributed by atoms with Crippen LogP contribution < -0.4 is 5.32 Å². The van der Waals surface area contributed by atoms with Gasteiger partial charge in [0.1, 0.15) is 11.5 Å². The van der Waals surface area contributed by atoms with Crippen LogP contribution in [0.2, 0.25) is 0 Å². The third kappa shape index (κ3) is 5.62. The number of phenolic OH excluding ortho intramolecular Hbond substituents is 2. The Morgan fingerprint density at radius 1 is 0.963 bits per heavy atom. The van der Waals surface area contributed by atoms with Crippen molar-refractivity contribution in [2.75, 3.05) is 13.1 Å². The van der Waals surface area contributed by atoms with Gasteiger partial charge in [0.05, 0.1) is 0 Å². The molecule has 0 spiro atoms. The summed E-state index contributed by atoms with van der Waals surface area (Å²) in [4.78, 5) is 26.7. The summed E-state index contributed by atoms with van der Waals surface area (Å²) in [5, 5.41) is 21.9. The Morgan fingerprint density at radius 3 is 2.22 bits per heavy atom. The van der Waals surface area contributed by atoms with Crippen molar-refractivity contribution in [1.82, 2.24) is 10.2 Å². The lowest BCUT2D eigenvalue weighted by atomic mass is 9.86. The predicted octanol–water partition coefficient (Wildman–Crippen LogP) is 3.18. The first-order chi connectivity index (χ1) is 13.0. The first-order valence-corrected chi connectivity index (χ1v) is 10.1. The van der Waals surface area contributed by atoms with E-state index in [1.807, 2.05) is 4.90 Å². The van der Waals surface area contributed by atoms with Gasteiger partial charge in [0.2, 0.25) is 5.91 Å². The highest BCUT2D eigenvalue weighted by atomic mass is 16.3. The quantitative estimate of drug-likeness (QED) is 0.738. The van der Waals surface area contributed by atoms with E-state index < -0.39 is 0 Å². The zero-order valence-electron chi connectivity index (χ0n) is 15.8. The van der Waals surface area contributed by atoms with Crippen LogP contribution in [0, 0.1) is 5.92 Å². The molecule has 6 heteroatoms. The molecule has 0 radical (unpaired) electrons. The van der Waals surface area contributed by atoms with Gasteiger partial charge in [-0.3, -0.25) is 9.59 Å². The summed E-state index contributed by atoms with van der Waals surface area (Å²) in [7, 11) is 0. The van der Waals surface area contributed by atoms with Crippen LogP contribution in [0.3, 0.4) is 0 Å². The molecule has 3 rings (SSSR count). The summed E-state index contributed by atoms with van der Waals surface area (Å²) in [6, 6.07) is 3.86. The molecule has 1 heterocycles. The van der Waals surface area contributed by atoms with Crippen molar-refractivity contribution in [1.29, 1.82) is 0 Å². The number of aromatic hydroxyl groups is 2. The molecule has 0 bridgehead atoms. The van der Waals surface area contributed by atoms with Crippen LogP contribution in [0.1, 0.15) is 68.1 Å².